The lowest BCUT2D eigenvalue weighted by molar-refractivity contribution is 0.433. The first kappa shape index (κ1) is 12.5. The fraction of sp³-hybridized carbons (Fsp3) is 0.0769. The molecule has 0 aromatic carbocycles. The molecule has 0 saturated heterocycles. The van der Waals surface area contributed by atoms with Gasteiger partial charge in [-0.1, -0.05) is 16.8 Å². The average molecular weight is 318 g/mol. The van der Waals surface area contributed by atoms with Gasteiger partial charge >= 0.3 is 0 Å². The SMILES string of the molecule is Cc1nnc2ccc(-c3noc(-c4ccc(Cl)s4)n3)cn12. The number of rotatable bonds is 2. The average Bonchev–Trinajstić information content (AvgIpc) is 3.19. The number of aromatic nitrogens is 5. The minimum Gasteiger partial charge on any atom is -0.333 e. The molecule has 4 rings (SSSR count). The van der Waals surface area contributed by atoms with Crippen LogP contribution in [0.2, 0.25) is 4.34 Å². The van der Waals surface area contributed by atoms with Crippen LogP contribution in [-0.4, -0.2) is 24.7 Å². The van der Waals surface area contributed by atoms with E-state index < -0.39 is 0 Å². The summed E-state index contributed by atoms with van der Waals surface area (Å²) in [5.41, 5.74) is 1.62. The molecule has 0 aliphatic heterocycles. The van der Waals surface area contributed by atoms with Gasteiger partial charge < -0.3 is 4.52 Å². The molecule has 0 spiro atoms. The highest BCUT2D eigenvalue weighted by Crippen LogP contribution is 2.31. The summed E-state index contributed by atoms with van der Waals surface area (Å²) in [6, 6.07) is 7.42. The fourth-order valence-corrected chi connectivity index (χ4v) is 2.97. The van der Waals surface area contributed by atoms with Crippen molar-refractivity contribution in [1.82, 2.24) is 24.7 Å². The maximum atomic E-state index is 5.92. The van der Waals surface area contributed by atoms with Gasteiger partial charge in [0.1, 0.15) is 5.82 Å². The molecular formula is C13H8ClN5OS. The predicted molar refractivity (Wildman–Crippen MR) is 79.3 cm³/mol. The number of hydrogen-bond acceptors (Lipinski definition) is 6. The second-order valence-electron chi connectivity index (χ2n) is 4.42. The van der Waals surface area contributed by atoms with Crippen molar-refractivity contribution < 1.29 is 4.52 Å². The summed E-state index contributed by atoms with van der Waals surface area (Å²) in [4.78, 5) is 5.25. The van der Waals surface area contributed by atoms with Crippen LogP contribution in [0.1, 0.15) is 5.82 Å². The number of aryl methyl sites for hydroxylation is 1. The highest BCUT2D eigenvalue weighted by atomic mass is 35.5. The van der Waals surface area contributed by atoms with Gasteiger partial charge in [0, 0.05) is 11.8 Å². The normalized spacial score (nSPS) is 11.3. The maximum absolute atomic E-state index is 5.92. The molecule has 21 heavy (non-hydrogen) atoms. The van der Waals surface area contributed by atoms with Gasteiger partial charge in [-0.25, -0.2) is 0 Å². The Morgan fingerprint density at radius 2 is 2.10 bits per heavy atom. The summed E-state index contributed by atoms with van der Waals surface area (Å²) in [6.45, 7) is 1.89. The topological polar surface area (TPSA) is 69.1 Å². The van der Waals surface area contributed by atoms with Crippen molar-refractivity contribution in [3.8, 4) is 22.2 Å². The third-order valence-corrected chi connectivity index (χ3v) is 4.26. The molecule has 0 amide bonds. The van der Waals surface area contributed by atoms with Crippen molar-refractivity contribution in [3.05, 3.63) is 40.6 Å². The van der Waals surface area contributed by atoms with Crippen molar-refractivity contribution in [1.29, 1.82) is 0 Å². The largest absolute Gasteiger partial charge is 0.333 e. The van der Waals surface area contributed by atoms with E-state index >= 15 is 0 Å². The van der Waals surface area contributed by atoms with Crippen molar-refractivity contribution in [2.45, 2.75) is 6.92 Å². The summed E-state index contributed by atoms with van der Waals surface area (Å²) in [6.07, 6.45) is 1.89. The number of fused-ring (bicyclic) bond motifs is 1. The molecule has 0 fully saturated rings. The summed E-state index contributed by atoms with van der Waals surface area (Å²) >= 11 is 7.32. The van der Waals surface area contributed by atoms with Crippen LogP contribution in [0.5, 0.6) is 0 Å². The van der Waals surface area contributed by atoms with Crippen LogP contribution in [0.4, 0.5) is 0 Å². The van der Waals surface area contributed by atoms with E-state index in [9.17, 15) is 0 Å². The second kappa shape index (κ2) is 4.64. The van der Waals surface area contributed by atoms with E-state index in [-0.39, 0.29) is 0 Å². The molecule has 6 nitrogen and oxygen atoms in total. The smallest absolute Gasteiger partial charge is 0.268 e. The highest BCUT2D eigenvalue weighted by Gasteiger charge is 2.13. The molecule has 0 aliphatic carbocycles. The molecule has 0 aliphatic rings. The molecular weight excluding hydrogens is 310 g/mol. The van der Waals surface area contributed by atoms with E-state index in [2.05, 4.69) is 20.3 Å². The van der Waals surface area contributed by atoms with Crippen LogP contribution in [0.25, 0.3) is 27.8 Å². The van der Waals surface area contributed by atoms with E-state index in [1.54, 1.807) is 6.07 Å². The lowest BCUT2D eigenvalue weighted by Gasteiger charge is -1.97. The number of hydrogen-bond donors (Lipinski definition) is 0. The summed E-state index contributed by atoms with van der Waals surface area (Å²) < 4.78 is 7.86. The van der Waals surface area contributed by atoms with Gasteiger partial charge in [-0.2, -0.15) is 4.98 Å². The molecule has 4 aromatic rings. The molecule has 4 heterocycles. The van der Waals surface area contributed by atoms with Crippen LogP contribution in [0.3, 0.4) is 0 Å². The summed E-state index contributed by atoms with van der Waals surface area (Å²) in [5.74, 6) is 1.78. The molecule has 4 aromatic heterocycles. The Balaban J connectivity index is 1.78. The Morgan fingerprint density at radius 1 is 1.19 bits per heavy atom. The van der Waals surface area contributed by atoms with E-state index in [1.807, 2.05) is 35.7 Å². The monoisotopic (exact) mass is 317 g/mol. The first-order chi connectivity index (χ1) is 10.2. The second-order valence-corrected chi connectivity index (χ2v) is 6.14. The molecule has 8 heteroatoms. The molecule has 0 bridgehead atoms. The first-order valence-corrected chi connectivity index (χ1v) is 7.31. The lowest BCUT2D eigenvalue weighted by atomic mass is 10.2. The van der Waals surface area contributed by atoms with Crippen LogP contribution < -0.4 is 0 Å². The Hall–Kier alpha value is -2.25. The van der Waals surface area contributed by atoms with E-state index in [0.717, 1.165) is 21.9 Å². The van der Waals surface area contributed by atoms with E-state index in [4.69, 9.17) is 16.1 Å². The zero-order chi connectivity index (χ0) is 14.4. The number of nitrogens with zero attached hydrogens (tertiary/aromatic N) is 5. The third kappa shape index (κ3) is 2.10. The van der Waals surface area contributed by atoms with Crippen molar-refractivity contribution >= 4 is 28.6 Å². The van der Waals surface area contributed by atoms with Gasteiger partial charge in [-0.15, -0.1) is 21.5 Å². The number of thiophene rings is 1. The third-order valence-electron chi connectivity index (χ3n) is 3.04. The standard InChI is InChI=1S/C13H8ClN5OS/c1-7-16-17-11-5-2-8(6-19(7)11)12-15-13(20-18-12)9-3-4-10(14)21-9/h2-6H,1H3. The molecule has 0 unspecified atom stereocenters. The maximum Gasteiger partial charge on any atom is 0.268 e. The fourth-order valence-electron chi connectivity index (χ4n) is 2.01. The Kier molecular flexibility index (Phi) is 2.76. The molecule has 0 atom stereocenters. The Bertz CT molecular complexity index is 941. The molecule has 0 radical (unpaired) electrons. The molecule has 104 valence electrons. The Morgan fingerprint density at radius 3 is 2.90 bits per heavy atom. The zero-order valence-corrected chi connectivity index (χ0v) is 12.4. The lowest BCUT2D eigenvalue weighted by Crippen LogP contribution is -1.90. The van der Waals surface area contributed by atoms with Crippen molar-refractivity contribution in [2.24, 2.45) is 0 Å². The quantitative estimate of drug-likeness (QED) is 0.566. The predicted octanol–water partition coefficient (Wildman–Crippen LogP) is 3.47. The Labute approximate surface area is 128 Å². The van der Waals surface area contributed by atoms with Crippen molar-refractivity contribution in [2.75, 3.05) is 0 Å². The van der Waals surface area contributed by atoms with Crippen LogP contribution >= 0.6 is 22.9 Å². The first-order valence-electron chi connectivity index (χ1n) is 6.12. The van der Waals surface area contributed by atoms with Crippen LogP contribution in [0.15, 0.2) is 35.0 Å². The van der Waals surface area contributed by atoms with Gasteiger partial charge in [-0.3, -0.25) is 4.40 Å². The number of halogens is 1. The van der Waals surface area contributed by atoms with Gasteiger partial charge in [0.25, 0.3) is 5.89 Å². The molecule has 0 saturated carbocycles. The molecule has 0 N–H and O–H groups in total. The van der Waals surface area contributed by atoms with Gasteiger partial charge in [-0.05, 0) is 31.2 Å². The van der Waals surface area contributed by atoms with Crippen molar-refractivity contribution in [3.63, 3.8) is 0 Å². The van der Waals surface area contributed by atoms with Gasteiger partial charge in [0.2, 0.25) is 5.82 Å². The van der Waals surface area contributed by atoms with E-state index in [1.165, 1.54) is 11.3 Å². The minimum atomic E-state index is 0.461. The number of pyridine rings is 1. The van der Waals surface area contributed by atoms with Crippen LogP contribution in [-0.2, 0) is 0 Å². The summed E-state index contributed by atoms with van der Waals surface area (Å²) in [7, 11) is 0. The van der Waals surface area contributed by atoms with Gasteiger partial charge in [0.05, 0.1) is 9.21 Å². The minimum absolute atomic E-state index is 0.461. The van der Waals surface area contributed by atoms with E-state index in [0.29, 0.717) is 16.1 Å². The highest BCUT2D eigenvalue weighted by molar-refractivity contribution is 7.19. The zero-order valence-electron chi connectivity index (χ0n) is 10.8. The van der Waals surface area contributed by atoms with Crippen LogP contribution in [0, 0.1) is 6.92 Å². The van der Waals surface area contributed by atoms with Gasteiger partial charge in [0.15, 0.2) is 5.65 Å². The summed E-state index contributed by atoms with van der Waals surface area (Å²) in [5, 5.41) is 12.1.